The molecule has 3 heterocycles. The predicted octanol–water partition coefficient (Wildman–Crippen LogP) is 5.27. The van der Waals surface area contributed by atoms with E-state index < -0.39 is 17.5 Å². The maximum atomic E-state index is 12.3. The third-order valence-electron chi connectivity index (χ3n) is 5.90. The Kier molecular flexibility index (Phi) is 5.63. The number of aryl methyl sites for hydroxylation is 2. The number of carboxylic acids is 1. The Balaban J connectivity index is 1.33. The van der Waals surface area contributed by atoms with Crippen LogP contribution in [0, 0.1) is 18.8 Å². The number of nitrogens with one attached hydrogen (secondary N) is 1. The molecule has 9 heteroatoms. The first-order valence-corrected chi connectivity index (χ1v) is 12.3. The summed E-state index contributed by atoms with van der Waals surface area (Å²) in [6.07, 6.45) is 2.43. The number of thiophene rings is 2. The van der Waals surface area contributed by atoms with E-state index in [1.165, 1.54) is 0 Å². The van der Waals surface area contributed by atoms with Crippen LogP contribution in [0.25, 0.3) is 9.40 Å². The number of hydrogen-bond donors (Lipinski definition) is 2. The van der Waals surface area contributed by atoms with Crippen LogP contribution in [0.4, 0.5) is 10.6 Å². The highest BCUT2D eigenvalue weighted by molar-refractivity contribution is 7.28. The van der Waals surface area contributed by atoms with Crippen molar-refractivity contribution >= 4 is 50.0 Å². The molecule has 1 amide bonds. The largest absolute Gasteiger partial charge is 0.481 e. The normalized spacial score (nSPS) is 13.8. The molecule has 1 aromatic carbocycles. The molecule has 5 rings (SSSR count). The Morgan fingerprint density at radius 1 is 1.24 bits per heavy atom. The predicted molar refractivity (Wildman–Crippen MR) is 132 cm³/mol. The van der Waals surface area contributed by atoms with Gasteiger partial charge in [0.2, 0.25) is 0 Å². The van der Waals surface area contributed by atoms with Crippen molar-refractivity contribution in [1.29, 1.82) is 0 Å². The molecule has 0 spiro atoms. The van der Waals surface area contributed by atoms with E-state index in [0.717, 1.165) is 30.3 Å². The van der Waals surface area contributed by atoms with Gasteiger partial charge in [0.1, 0.15) is 17.8 Å². The van der Waals surface area contributed by atoms with Gasteiger partial charge in [0.05, 0.1) is 16.6 Å². The number of amides is 1. The lowest BCUT2D eigenvalue weighted by molar-refractivity contribution is -0.139. The van der Waals surface area contributed by atoms with E-state index in [0.29, 0.717) is 24.2 Å². The van der Waals surface area contributed by atoms with Gasteiger partial charge in [-0.25, -0.2) is 4.79 Å². The summed E-state index contributed by atoms with van der Waals surface area (Å²) in [5.74, 6) is 6.03. The highest BCUT2D eigenvalue weighted by Gasteiger charge is 2.53. The summed E-state index contributed by atoms with van der Waals surface area (Å²) < 4.78 is 9.00. The molecule has 1 aliphatic carbocycles. The Morgan fingerprint density at radius 3 is 2.68 bits per heavy atom. The number of fused-ring (bicyclic) bond motifs is 1. The number of benzene rings is 1. The van der Waals surface area contributed by atoms with Gasteiger partial charge in [-0.15, -0.1) is 22.7 Å². The molecule has 1 saturated carbocycles. The van der Waals surface area contributed by atoms with Crippen molar-refractivity contribution < 1.29 is 19.4 Å². The molecule has 0 radical (unpaired) electrons. The molecule has 1 aliphatic rings. The topological polar surface area (TPSA) is 93.5 Å². The first-order valence-electron chi connectivity index (χ1n) is 10.7. The van der Waals surface area contributed by atoms with E-state index in [9.17, 15) is 14.7 Å². The quantitative estimate of drug-likeness (QED) is 0.371. The third-order valence-corrected chi connectivity index (χ3v) is 8.65. The summed E-state index contributed by atoms with van der Waals surface area (Å²) in [4.78, 5) is 25.8. The van der Waals surface area contributed by atoms with Crippen LogP contribution in [-0.2, 0) is 28.6 Å². The first kappa shape index (κ1) is 22.2. The van der Waals surface area contributed by atoms with E-state index in [2.05, 4.69) is 22.3 Å². The fraction of sp³-hybridized carbons (Fsp3) is 0.240. The Morgan fingerprint density at radius 2 is 2.00 bits per heavy atom. The number of carbonyl (C=O) groups excluding carboxylic acids is 1. The molecule has 3 aromatic heterocycles. The van der Waals surface area contributed by atoms with Gasteiger partial charge < -0.3 is 9.84 Å². The molecule has 0 bridgehead atoms. The first-order chi connectivity index (χ1) is 16.4. The number of ether oxygens (including phenoxy) is 1. The van der Waals surface area contributed by atoms with Gasteiger partial charge in [-0.2, -0.15) is 5.10 Å². The number of hydrogen-bond acceptors (Lipinski definition) is 6. The molecule has 4 aromatic rings. The zero-order chi connectivity index (χ0) is 23.9. The summed E-state index contributed by atoms with van der Waals surface area (Å²) in [5.41, 5.74) is 1.84. The summed E-state index contributed by atoms with van der Waals surface area (Å²) in [6, 6.07) is 11.5. The Bertz CT molecular complexity index is 1470. The molecule has 7 nitrogen and oxygen atoms in total. The number of aromatic nitrogens is 2. The molecule has 34 heavy (non-hydrogen) atoms. The highest BCUT2D eigenvalue weighted by atomic mass is 32.1. The molecule has 0 saturated heterocycles. The van der Waals surface area contributed by atoms with Crippen molar-refractivity contribution in [3.05, 3.63) is 69.0 Å². The third kappa shape index (κ3) is 4.06. The van der Waals surface area contributed by atoms with Crippen LogP contribution in [-0.4, -0.2) is 26.9 Å². The summed E-state index contributed by atoms with van der Waals surface area (Å²) in [6.45, 7) is 2.18. The molecule has 1 fully saturated rings. The molecule has 0 aliphatic heterocycles. The molecule has 0 atom stereocenters. The van der Waals surface area contributed by atoms with Crippen LogP contribution in [0.3, 0.4) is 0 Å². The summed E-state index contributed by atoms with van der Waals surface area (Å²) in [5, 5.41) is 16.5. The maximum absolute atomic E-state index is 12.3. The average molecular weight is 492 g/mol. The second-order valence-electron chi connectivity index (χ2n) is 8.21. The maximum Gasteiger partial charge on any atom is 0.413 e. The minimum Gasteiger partial charge on any atom is -0.481 e. The van der Waals surface area contributed by atoms with Gasteiger partial charge in [0.15, 0.2) is 0 Å². The molecular weight excluding hydrogens is 470 g/mol. The monoisotopic (exact) mass is 491 g/mol. The number of carboxylic acid groups (broad SMARTS) is 1. The van der Waals surface area contributed by atoms with Crippen molar-refractivity contribution in [2.24, 2.45) is 7.05 Å². The number of rotatable bonds is 5. The van der Waals surface area contributed by atoms with Gasteiger partial charge in [-0.05, 0) is 37.0 Å². The van der Waals surface area contributed by atoms with Crippen molar-refractivity contribution in [2.45, 2.75) is 31.8 Å². The van der Waals surface area contributed by atoms with E-state index in [-0.39, 0.29) is 6.61 Å². The van der Waals surface area contributed by atoms with E-state index in [1.807, 2.05) is 43.3 Å². The second-order valence-corrected chi connectivity index (χ2v) is 10.3. The number of anilines is 1. The fourth-order valence-corrected chi connectivity index (χ4v) is 6.39. The van der Waals surface area contributed by atoms with Crippen molar-refractivity contribution in [3.63, 3.8) is 0 Å². The molecule has 172 valence electrons. The minimum atomic E-state index is -0.738. The van der Waals surface area contributed by atoms with Crippen LogP contribution < -0.4 is 5.32 Å². The Labute approximate surface area is 204 Å². The lowest BCUT2D eigenvalue weighted by Gasteiger charge is -2.07. The standard InChI is InChI=1S/C25H21N3O4S2/c1-15-18(33-19-12-20(34-21(15)19)25(10-11-25)23(29)30)9-8-17-13-26-28(2)22(17)27-24(31)32-14-16-6-4-3-5-7-16/h3-7,12-13H,10-11,14H2,1-2H3,(H,27,31)(H,29,30). The van der Waals surface area contributed by atoms with Gasteiger partial charge in [0, 0.05) is 21.3 Å². The fourth-order valence-electron chi connectivity index (χ4n) is 3.70. The summed E-state index contributed by atoms with van der Waals surface area (Å²) >= 11 is 3.11. The number of aliphatic carboxylic acids is 1. The van der Waals surface area contributed by atoms with Gasteiger partial charge in [-0.1, -0.05) is 42.2 Å². The molecular formula is C25H21N3O4S2. The van der Waals surface area contributed by atoms with Gasteiger partial charge in [-0.3, -0.25) is 14.8 Å². The Hall–Kier alpha value is -3.61. The minimum absolute atomic E-state index is 0.168. The van der Waals surface area contributed by atoms with E-state index in [1.54, 1.807) is 40.6 Å². The molecule has 0 unspecified atom stereocenters. The van der Waals surface area contributed by atoms with Crippen molar-refractivity contribution in [2.75, 3.05) is 5.32 Å². The van der Waals surface area contributed by atoms with E-state index in [4.69, 9.17) is 4.74 Å². The van der Waals surface area contributed by atoms with Crippen molar-refractivity contribution in [3.8, 4) is 11.8 Å². The smallest absolute Gasteiger partial charge is 0.413 e. The van der Waals surface area contributed by atoms with Crippen LogP contribution in [0.1, 0.15) is 39.3 Å². The van der Waals surface area contributed by atoms with Crippen LogP contribution in [0.5, 0.6) is 0 Å². The number of nitrogens with zero attached hydrogens (tertiary/aromatic N) is 2. The lowest BCUT2D eigenvalue weighted by atomic mass is 10.1. The zero-order valence-electron chi connectivity index (χ0n) is 18.5. The van der Waals surface area contributed by atoms with Gasteiger partial charge >= 0.3 is 12.1 Å². The van der Waals surface area contributed by atoms with Crippen LogP contribution >= 0.6 is 22.7 Å². The van der Waals surface area contributed by atoms with Crippen LogP contribution in [0.15, 0.2) is 42.6 Å². The second kappa shape index (κ2) is 8.63. The number of carbonyl (C=O) groups is 2. The molecule has 2 N–H and O–H groups in total. The van der Waals surface area contributed by atoms with E-state index >= 15 is 0 Å². The van der Waals surface area contributed by atoms with Crippen LogP contribution in [0.2, 0.25) is 0 Å². The summed E-state index contributed by atoms with van der Waals surface area (Å²) in [7, 11) is 1.72. The highest BCUT2D eigenvalue weighted by Crippen LogP contribution is 2.53. The van der Waals surface area contributed by atoms with Gasteiger partial charge in [0.25, 0.3) is 0 Å². The zero-order valence-corrected chi connectivity index (χ0v) is 20.2. The van der Waals surface area contributed by atoms with Crippen molar-refractivity contribution in [1.82, 2.24) is 9.78 Å². The SMILES string of the molecule is Cc1c(C#Cc2cnn(C)c2NC(=O)OCc2ccccc2)sc2cc(C3(C(=O)O)CC3)sc12. The average Bonchev–Trinajstić information content (AvgIpc) is 3.32. The lowest BCUT2D eigenvalue weighted by Crippen LogP contribution is -2.17.